The number of aliphatic hydroxyl groups is 1. The number of likely N-dealkylation sites (N-methyl/N-ethyl adjacent to an activating group) is 1. The molecule has 0 amide bonds. The third kappa shape index (κ3) is 2.26. The highest BCUT2D eigenvalue weighted by atomic mass is 35.5. The number of halogens is 2. The fraction of sp³-hybridized carbons (Fsp3) is 0.714. The molecule has 4 aliphatic rings. The van der Waals surface area contributed by atoms with Crippen LogP contribution in [0.15, 0.2) is 12.1 Å². The minimum atomic E-state index is -0.846. The molecule has 5 rings (SSSR count). The first-order valence-corrected chi connectivity index (χ1v) is 11.4. The van der Waals surface area contributed by atoms with E-state index in [4.69, 9.17) is 27.9 Å². The van der Waals surface area contributed by atoms with Crippen molar-refractivity contribution < 1.29 is 14.9 Å². The lowest BCUT2D eigenvalue weighted by molar-refractivity contribution is -0.195. The van der Waals surface area contributed by atoms with Crippen LogP contribution in [0, 0.1) is 0 Å². The zero-order valence-electron chi connectivity index (χ0n) is 16.2. The van der Waals surface area contributed by atoms with Gasteiger partial charge in [0.05, 0.1) is 11.0 Å². The van der Waals surface area contributed by atoms with Crippen LogP contribution < -0.4 is 4.74 Å². The number of alkyl halides is 2. The summed E-state index contributed by atoms with van der Waals surface area (Å²) in [6, 6.07) is 3.96. The molecular weight excluding hydrogens is 399 g/mol. The van der Waals surface area contributed by atoms with Crippen molar-refractivity contribution >= 4 is 23.2 Å². The van der Waals surface area contributed by atoms with Gasteiger partial charge >= 0.3 is 0 Å². The Morgan fingerprint density at radius 1 is 1.25 bits per heavy atom. The number of hydrogen-bond donors (Lipinski definition) is 2. The van der Waals surface area contributed by atoms with E-state index in [1.54, 1.807) is 6.07 Å². The van der Waals surface area contributed by atoms with E-state index in [0.29, 0.717) is 17.5 Å². The monoisotopic (exact) mass is 426 g/mol. The normalized spacial score (nSPS) is 38.4. The van der Waals surface area contributed by atoms with E-state index in [-0.39, 0.29) is 23.9 Å². The number of aromatic hydroxyl groups is 1. The van der Waals surface area contributed by atoms with Crippen molar-refractivity contribution in [3.05, 3.63) is 23.3 Å². The maximum atomic E-state index is 12.2. The lowest BCUT2D eigenvalue weighted by atomic mass is 9.48. The Kier molecular flexibility index (Phi) is 4.57. The molecule has 2 aliphatic carbocycles. The molecule has 154 valence electrons. The quantitative estimate of drug-likeness (QED) is 0.707. The zero-order chi connectivity index (χ0) is 19.7. The van der Waals surface area contributed by atoms with Gasteiger partial charge in [-0.1, -0.05) is 6.07 Å². The molecule has 1 aromatic carbocycles. The fourth-order valence-corrected chi connectivity index (χ4v) is 7.20. The highest BCUT2D eigenvalue weighted by molar-refractivity contribution is 6.18. The van der Waals surface area contributed by atoms with E-state index in [2.05, 4.69) is 16.8 Å². The van der Waals surface area contributed by atoms with E-state index in [9.17, 15) is 10.2 Å². The molecule has 2 aliphatic heterocycles. The van der Waals surface area contributed by atoms with Crippen molar-refractivity contribution in [1.82, 2.24) is 9.80 Å². The molecule has 0 aromatic heterocycles. The number of rotatable bonds is 5. The molecule has 2 N–H and O–H groups in total. The molecule has 1 saturated heterocycles. The molecule has 1 saturated carbocycles. The predicted molar refractivity (Wildman–Crippen MR) is 110 cm³/mol. The first-order chi connectivity index (χ1) is 13.5. The summed E-state index contributed by atoms with van der Waals surface area (Å²) in [5.74, 6) is 1.84. The average molecular weight is 427 g/mol. The lowest BCUT2D eigenvalue weighted by Gasteiger charge is -2.64. The van der Waals surface area contributed by atoms with Crippen molar-refractivity contribution in [2.24, 2.45) is 0 Å². The Morgan fingerprint density at radius 3 is 2.71 bits per heavy atom. The summed E-state index contributed by atoms with van der Waals surface area (Å²) >= 11 is 12.2. The van der Waals surface area contributed by atoms with E-state index in [1.165, 1.54) is 5.56 Å². The summed E-state index contributed by atoms with van der Waals surface area (Å²) in [4.78, 5) is 4.63. The van der Waals surface area contributed by atoms with Gasteiger partial charge in [-0.25, -0.2) is 0 Å². The zero-order valence-corrected chi connectivity index (χ0v) is 17.7. The summed E-state index contributed by atoms with van der Waals surface area (Å²) in [5.41, 5.74) is 0.941. The van der Waals surface area contributed by atoms with Crippen LogP contribution in [0.5, 0.6) is 11.5 Å². The third-order valence-electron chi connectivity index (χ3n) is 7.91. The molecule has 28 heavy (non-hydrogen) atoms. The molecule has 7 heteroatoms. The average Bonchev–Trinajstić information content (AvgIpc) is 3.02. The number of ether oxygens (including phenoxy) is 1. The van der Waals surface area contributed by atoms with Gasteiger partial charge in [0, 0.05) is 42.5 Å². The van der Waals surface area contributed by atoms with Crippen molar-refractivity contribution in [2.75, 3.05) is 38.4 Å². The minimum absolute atomic E-state index is 0.0748. The maximum absolute atomic E-state index is 12.2. The molecule has 5 nitrogen and oxygen atoms in total. The molecule has 0 unspecified atom stereocenters. The molecule has 5 atom stereocenters. The van der Waals surface area contributed by atoms with Crippen LogP contribution in [0.2, 0.25) is 0 Å². The van der Waals surface area contributed by atoms with Crippen LogP contribution in [-0.4, -0.2) is 82.2 Å². The lowest BCUT2D eigenvalue weighted by Crippen LogP contribution is -2.77. The highest BCUT2D eigenvalue weighted by Gasteiger charge is 2.72. The van der Waals surface area contributed by atoms with Crippen LogP contribution in [0.25, 0.3) is 0 Å². The van der Waals surface area contributed by atoms with E-state index < -0.39 is 11.0 Å². The maximum Gasteiger partial charge on any atom is 0.165 e. The summed E-state index contributed by atoms with van der Waals surface area (Å²) in [7, 11) is 2.12. The van der Waals surface area contributed by atoms with Gasteiger partial charge in [-0.05, 0) is 50.9 Å². The standard InChI is InChI=1S/C21H28Cl2N2O3/c1-24-9-6-20-17-13-2-3-15(26)18(17)28-19(20)14(25(10-7-22)11-8-23)4-5-21(20,27)16(24)12-13/h2-3,14,16,19,26-27H,4-12H2,1H3/t14-,16-,19+,20+,21-/m1/s1. The number of phenols is 1. The van der Waals surface area contributed by atoms with Gasteiger partial charge in [0.2, 0.25) is 0 Å². The molecule has 1 aromatic rings. The second-order valence-corrected chi connectivity index (χ2v) is 9.61. The number of piperidine rings is 1. The van der Waals surface area contributed by atoms with Gasteiger partial charge in [-0.15, -0.1) is 23.2 Å². The SMILES string of the molecule is CN1CC[C@]23c4c5ccc(O)c4O[C@H]2[C@H](N(CCCl)CCCl)CC[C@@]3(O)[C@H]1C5. The summed E-state index contributed by atoms with van der Waals surface area (Å²) in [5, 5.41) is 22.8. The van der Waals surface area contributed by atoms with Crippen molar-refractivity contribution in [2.45, 2.75) is 54.9 Å². The number of phenolic OH excluding ortho intramolecular Hbond substituents is 1. The predicted octanol–water partition coefficient (Wildman–Crippen LogP) is 2.32. The summed E-state index contributed by atoms with van der Waals surface area (Å²) in [6.45, 7) is 2.40. The Labute approximate surface area is 176 Å². The van der Waals surface area contributed by atoms with E-state index >= 15 is 0 Å². The van der Waals surface area contributed by atoms with Crippen LogP contribution >= 0.6 is 23.2 Å². The van der Waals surface area contributed by atoms with Crippen LogP contribution in [0.1, 0.15) is 30.4 Å². The van der Waals surface area contributed by atoms with Gasteiger partial charge in [0.15, 0.2) is 11.5 Å². The van der Waals surface area contributed by atoms with Gasteiger partial charge < -0.3 is 19.8 Å². The van der Waals surface area contributed by atoms with Crippen LogP contribution in [-0.2, 0) is 11.8 Å². The Morgan fingerprint density at radius 2 is 2.00 bits per heavy atom. The first kappa shape index (κ1) is 19.3. The van der Waals surface area contributed by atoms with Gasteiger partial charge in [0.1, 0.15) is 6.10 Å². The number of hydrogen-bond acceptors (Lipinski definition) is 5. The molecule has 2 bridgehead atoms. The van der Waals surface area contributed by atoms with Gasteiger partial charge in [-0.3, -0.25) is 4.90 Å². The van der Waals surface area contributed by atoms with Crippen molar-refractivity contribution in [1.29, 1.82) is 0 Å². The second kappa shape index (κ2) is 6.64. The van der Waals surface area contributed by atoms with Crippen molar-refractivity contribution in [3.63, 3.8) is 0 Å². The smallest absolute Gasteiger partial charge is 0.165 e. The molecule has 2 heterocycles. The Hall–Kier alpha value is -0.720. The number of benzene rings is 1. The minimum Gasteiger partial charge on any atom is -0.504 e. The largest absolute Gasteiger partial charge is 0.504 e. The van der Waals surface area contributed by atoms with Crippen molar-refractivity contribution in [3.8, 4) is 11.5 Å². The molecule has 2 fully saturated rings. The molecule has 1 spiro atoms. The third-order valence-corrected chi connectivity index (χ3v) is 8.25. The second-order valence-electron chi connectivity index (χ2n) is 8.85. The van der Waals surface area contributed by atoms with Gasteiger partial charge in [-0.2, -0.15) is 0 Å². The summed E-state index contributed by atoms with van der Waals surface area (Å²) < 4.78 is 6.54. The molecule has 0 radical (unpaired) electrons. The van der Waals surface area contributed by atoms with Gasteiger partial charge in [0.25, 0.3) is 0 Å². The molecular formula is C21H28Cl2N2O3. The topological polar surface area (TPSA) is 56.2 Å². The van der Waals surface area contributed by atoms with Crippen LogP contribution in [0.3, 0.4) is 0 Å². The van der Waals surface area contributed by atoms with E-state index in [1.807, 2.05) is 6.07 Å². The Balaban J connectivity index is 1.68. The number of nitrogens with zero attached hydrogens (tertiary/aromatic N) is 2. The Bertz CT molecular complexity index is 787. The fourth-order valence-electron chi connectivity index (χ4n) is 6.76. The number of likely N-dealkylation sites (tertiary alicyclic amines) is 1. The summed E-state index contributed by atoms with van der Waals surface area (Å²) in [6.07, 6.45) is 2.99. The highest BCUT2D eigenvalue weighted by Crippen LogP contribution is 2.65. The van der Waals surface area contributed by atoms with E-state index in [0.717, 1.165) is 50.9 Å². The first-order valence-electron chi connectivity index (χ1n) is 10.3. The van der Waals surface area contributed by atoms with Crippen LogP contribution in [0.4, 0.5) is 0 Å².